The van der Waals surface area contributed by atoms with Gasteiger partial charge < -0.3 is 19.9 Å². The number of fused-ring (bicyclic) bond motifs is 3. The molecule has 1 fully saturated rings. The number of nitrogens with zero attached hydrogens (tertiary/aromatic N) is 5. The van der Waals surface area contributed by atoms with Gasteiger partial charge in [-0.25, -0.2) is 19.3 Å². The van der Waals surface area contributed by atoms with Gasteiger partial charge in [-0.2, -0.15) is 0 Å². The van der Waals surface area contributed by atoms with Crippen molar-refractivity contribution in [1.29, 1.82) is 0 Å². The highest BCUT2D eigenvalue weighted by molar-refractivity contribution is 5.94. The Bertz CT molecular complexity index is 1250. The van der Waals surface area contributed by atoms with Gasteiger partial charge in [0.1, 0.15) is 17.4 Å². The molecule has 2 aliphatic heterocycles. The van der Waals surface area contributed by atoms with Crippen molar-refractivity contribution in [2.24, 2.45) is 0 Å². The van der Waals surface area contributed by atoms with Crippen LogP contribution in [0.4, 0.5) is 15.3 Å². The molecule has 11 nitrogen and oxygen atoms in total. The minimum Gasteiger partial charge on any atom is -0.453 e. The summed E-state index contributed by atoms with van der Waals surface area (Å²) in [6.45, 7) is 3.48. The first-order valence-electron chi connectivity index (χ1n) is 10.8. The number of alkyl carbamates (subject to hydrolysis) is 1. The Labute approximate surface area is 195 Å². The van der Waals surface area contributed by atoms with Crippen molar-refractivity contribution in [1.82, 2.24) is 25.3 Å². The van der Waals surface area contributed by atoms with Gasteiger partial charge in [-0.3, -0.25) is 4.90 Å². The van der Waals surface area contributed by atoms with E-state index in [0.29, 0.717) is 17.9 Å². The summed E-state index contributed by atoms with van der Waals surface area (Å²) < 4.78 is 11.6. The number of cyclic esters (lactones) is 1. The van der Waals surface area contributed by atoms with Crippen molar-refractivity contribution in [2.45, 2.75) is 38.0 Å². The van der Waals surface area contributed by atoms with Gasteiger partial charge in [0.25, 0.3) is 0 Å². The number of benzene rings is 1. The molecule has 11 heteroatoms. The van der Waals surface area contributed by atoms with Crippen LogP contribution in [-0.4, -0.2) is 63.1 Å². The minimum atomic E-state index is -1.09. The number of aromatic nitrogens is 4. The molecular weight excluding hydrogens is 440 g/mol. The Morgan fingerprint density at radius 2 is 2.09 bits per heavy atom. The van der Waals surface area contributed by atoms with Gasteiger partial charge in [-0.15, -0.1) is 5.10 Å². The third-order valence-electron chi connectivity index (χ3n) is 6.05. The Kier molecular flexibility index (Phi) is 5.20. The van der Waals surface area contributed by atoms with Gasteiger partial charge in [-0.1, -0.05) is 11.3 Å². The van der Waals surface area contributed by atoms with Crippen LogP contribution in [0.5, 0.6) is 0 Å². The summed E-state index contributed by atoms with van der Waals surface area (Å²) in [5.74, 6) is 0.581. The maximum atomic E-state index is 12.5. The molecule has 34 heavy (non-hydrogen) atoms. The molecule has 1 saturated heterocycles. The predicted octanol–water partition coefficient (Wildman–Crippen LogP) is 2.16. The predicted molar refractivity (Wildman–Crippen MR) is 120 cm³/mol. The third-order valence-corrected chi connectivity index (χ3v) is 6.05. The standard InChI is InChI=1S/C23H24N6O5/c1-23(2,32)19-12-28(27-26-19)20-7-5-14(10-24-20)13-4-6-16-15(8-13)9-17-18(11-25-21(30)33-3)34-22(31)29(16)17/h4-8,10,12,17-18,32H,9,11H2,1-3H3,(H,25,30)/t17-,18-/m0/s1. The number of ether oxygens (including phenoxy) is 2. The van der Waals surface area contributed by atoms with Crippen LogP contribution in [0.1, 0.15) is 25.1 Å². The van der Waals surface area contributed by atoms with E-state index in [2.05, 4.69) is 25.3 Å². The van der Waals surface area contributed by atoms with Crippen LogP contribution in [-0.2, 0) is 21.5 Å². The zero-order valence-corrected chi connectivity index (χ0v) is 18.9. The van der Waals surface area contributed by atoms with Crippen molar-refractivity contribution in [3.8, 4) is 16.9 Å². The SMILES string of the molecule is COC(=O)NC[C@@H]1OC(=O)N2c3ccc(-c4ccc(-n5cc(C(C)(C)O)nn5)nc4)cc3C[C@@H]12. The molecule has 3 aromatic rings. The van der Waals surface area contributed by atoms with Gasteiger partial charge in [0, 0.05) is 11.8 Å². The van der Waals surface area contributed by atoms with Crippen molar-refractivity contribution in [3.63, 3.8) is 0 Å². The van der Waals surface area contributed by atoms with Crippen molar-refractivity contribution in [3.05, 3.63) is 54.0 Å². The quantitative estimate of drug-likeness (QED) is 0.587. The number of anilines is 1. The van der Waals surface area contributed by atoms with Gasteiger partial charge in [-0.05, 0) is 55.7 Å². The summed E-state index contributed by atoms with van der Waals surface area (Å²) >= 11 is 0. The van der Waals surface area contributed by atoms with Crippen LogP contribution < -0.4 is 10.2 Å². The Morgan fingerprint density at radius 1 is 1.29 bits per heavy atom. The molecule has 1 aromatic carbocycles. The van der Waals surface area contributed by atoms with Crippen molar-refractivity contribution >= 4 is 17.9 Å². The number of amides is 2. The molecule has 0 aliphatic carbocycles. The van der Waals surface area contributed by atoms with Gasteiger partial charge in [0.2, 0.25) is 0 Å². The molecule has 176 valence electrons. The highest BCUT2D eigenvalue weighted by Gasteiger charge is 2.47. The number of hydrogen-bond donors (Lipinski definition) is 2. The van der Waals surface area contributed by atoms with Gasteiger partial charge in [0.05, 0.1) is 31.6 Å². The molecule has 5 rings (SSSR count). The monoisotopic (exact) mass is 464 g/mol. The molecule has 2 amide bonds. The fourth-order valence-electron chi connectivity index (χ4n) is 4.24. The maximum Gasteiger partial charge on any atom is 0.415 e. The molecule has 0 spiro atoms. The summed E-state index contributed by atoms with van der Waals surface area (Å²) in [6.07, 6.45) is 2.57. The van der Waals surface area contributed by atoms with E-state index in [9.17, 15) is 14.7 Å². The normalized spacial score (nSPS) is 18.9. The Morgan fingerprint density at radius 3 is 2.76 bits per heavy atom. The van der Waals surface area contributed by atoms with E-state index in [1.54, 1.807) is 31.1 Å². The average molecular weight is 464 g/mol. The molecule has 0 radical (unpaired) electrons. The van der Waals surface area contributed by atoms with E-state index >= 15 is 0 Å². The van der Waals surface area contributed by atoms with Crippen LogP contribution in [0, 0.1) is 0 Å². The van der Waals surface area contributed by atoms with E-state index in [4.69, 9.17) is 4.74 Å². The first kappa shape index (κ1) is 21.8. The molecule has 2 aliphatic rings. The smallest absolute Gasteiger partial charge is 0.415 e. The van der Waals surface area contributed by atoms with Crippen molar-refractivity contribution < 1.29 is 24.2 Å². The minimum absolute atomic E-state index is 0.184. The van der Waals surface area contributed by atoms with E-state index in [1.165, 1.54) is 11.8 Å². The van der Waals surface area contributed by atoms with Crippen LogP contribution in [0.25, 0.3) is 16.9 Å². The topological polar surface area (TPSA) is 132 Å². The summed E-state index contributed by atoms with van der Waals surface area (Å²) in [7, 11) is 1.29. The number of methoxy groups -OCH3 is 1. The van der Waals surface area contributed by atoms with Crippen LogP contribution in [0.15, 0.2) is 42.7 Å². The lowest BCUT2D eigenvalue weighted by atomic mass is 10.0. The molecule has 2 N–H and O–H groups in total. The fraction of sp³-hybridized carbons (Fsp3) is 0.348. The molecule has 4 heterocycles. The number of pyridine rings is 1. The number of carbonyl (C=O) groups is 2. The lowest BCUT2D eigenvalue weighted by molar-refractivity contribution is 0.0737. The number of rotatable bonds is 5. The summed E-state index contributed by atoms with van der Waals surface area (Å²) in [4.78, 5) is 30.0. The van der Waals surface area contributed by atoms with Gasteiger partial charge >= 0.3 is 12.2 Å². The highest BCUT2D eigenvalue weighted by atomic mass is 16.6. The van der Waals surface area contributed by atoms with Crippen LogP contribution in [0.2, 0.25) is 0 Å². The molecule has 2 atom stereocenters. The number of aliphatic hydroxyl groups is 1. The first-order chi connectivity index (χ1) is 16.2. The molecule has 2 aromatic heterocycles. The van der Waals surface area contributed by atoms with Crippen LogP contribution >= 0.6 is 0 Å². The van der Waals surface area contributed by atoms with E-state index < -0.39 is 23.9 Å². The second-order valence-electron chi connectivity index (χ2n) is 8.79. The van der Waals surface area contributed by atoms with E-state index in [0.717, 1.165) is 22.4 Å². The first-order valence-corrected chi connectivity index (χ1v) is 10.8. The number of nitrogens with one attached hydrogen (secondary N) is 1. The fourth-order valence-corrected chi connectivity index (χ4v) is 4.24. The van der Waals surface area contributed by atoms with E-state index in [1.807, 2.05) is 30.3 Å². The average Bonchev–Trinajstić information content (AvgIpc) is 3.52. The number of carbonyl (C=O) groups excluding carboxylic acids is 2. The largest absolute Gasteiger partial charge is 0.453 e. The van der Waals surface area contributed by atoms with Crippen LogP contribution in [0.3, 0.4) is 0 Å². The molecule has 0 unspecified atom stereocenters. The number of hydrogen-bond acceptors (Lipinski definition) is 8. The lowest BCUT2D eigenvalue weighted by Gasteiger charge is -2.16. The Balaban J connectivity index is 1.34. The summed E-state index contributed by atoms with van der Waals surface area (Å²) in [5.41, 5.74) is 3.08. The zero-order chi connectivity index (χ0) is 24.0. The lowest BCUT2D eigenvalue weighted by Crippen LogP contribution is -2.40. The van der Waals surface area contributed by atoms with Gasteiger partial charge in [0.15, 0.2) is 5.82 Å². The maximum absolute atomic E-state index is 12.5. The molecule has 0 saturated carbocycles. The Hall–Kier alpha value is -3.99. The highest BCUT2D eigenvalue weighted by Crippen LogP contribution is 2.40. The zero-order valence-electron chi connectivity index (χ0n) is 18.9. The summed E-state index contributed by atoms with van der Waals surface area (Å²) in [5, 5.41) is 20.7. The molecular formula is C23H24N6O5. The van der Waals surface area contributed by atoms with Crippen molar-refractivity contribution in [2.75, 3.05) is 18.6 Å². The molecule has 0 bridgehead atoms. The second-order valence-corrected chi connectivity index (χ2v) is 8.79. The van der Waals surface area contributed by atoms with E-state index in [-0.39, 0.29) is 12.6 Å². The second kappa shape index (κ2) is 8.10. The summed E-state index contributed by atoms with van der Waals surface area (Å²) in [6, 6.07) is 9.46. The third kappa shape index (κ3) is 3.83.